The fraction of sp³-hybridized carbons (Fsp3) is 0.826. The lowest BCUT2D eigenvalue weighted by atomic mass is 9.99. The number of rotatable bonds is 11. The van der Waals surface area contributed by atoms with Crippen molar-refractivity contribution in [2.24, 2.45) is 0 Å². The van der Waals surface area contributed by atoms with Gasteiger partial charge in [0.05, 0.1) is 31.0 Å². The molecular formula is C23H39N5O5. The van der Waals surface area contributed by atoms with E-state index < -0.39 is 6.10 Å². The maximum Gasteiger partial charge on any atom is 0.253 e. The Bertz CT molecular complexity index is 756. The van der Waals surface area contributed by atoms with E-state index in [1.54, 1.807) is 7.11 Å². The Kier molecular flexibility index (Phi) is 8.72. The molecule has 33 heavy (non-hydrogen) atoms. The molecule has 1 aliphatic carbocycles. The molecule has 2 saturated heterocycles. The van der Waals surface area contributed by atoms with Crippen molar-refractivity contribution >= 4 is 5.91 Å². The van der Waals surface area contributed by atoms with Gasteiger partial charge in [-0.25, -0.2) is 10.5 Å². The Labute approximate surface area is 195 Å². The largest absolute Gasteiger partial charge is 0.383 e. The minimum absolute atomic E-state index is 0.0417. The first kappa shape index (κ1) is 24.6. The second kappa shape index (κ2) is 11.7. The van der Waals surface area contributed by atoms with Crippen molar-refractivity contribution in [3.8, 4) is 0 Å². The van der Waals surface area contributed by atoms with Crippen molar-refractivity contribution in [1.29, 1.82) is 0 Å². The number of nitrogens with zero attached hydrogens (tertiary/aromatic N) is 3. The van der Waals surface area contributed by atoms with Gasteiger partial charge in [0.15, 0.2) is 0 Å². The summed E-state index contributed by atoms with van der Waals surface area (Å²) in [6.45, 7) is 6.43. The third kappa shape index (κ3) is 6.12. The van der Waals surface area contributed by atoms with Crippen LogP contribution in [0, 0.1) is 0 Å². The normalized spacial score (nSPS) is 25.2. The molecule has 0 aromatic carbocycles. The molecule has 0 unspecified atom stereocenters. The predicted octanol–water partition coefficient (Wildman–Crippen LogP) is 1.20. The van der Waals surface area contributed by atoms with E-state index in [0.717, 1.165) is 63.4 Å². The number of amides is 1. The number of hydroxylamine groups is 1. The van der Waals surface area contributed by atoms with Gasteiger partial charge in [-0.05, 0) is 39.0 Å². The molecule has 1 saturated carbocycles. The number of aromatic nitrogens is 2. The second-order valence-corrected chi connectivity index (χ2v) is 9.40. The molecule has 0 spiro atoms. The van der Waals surface area contributed by atoms with Crippen molar-refractivity contribution in [2.75, 3.05) is 46.6 Å². The Balaban J connectivity index is 1.49. The highest BCUT2D eigenvalue weighted by atomic mass is 16.5. The molecule has 10 nitrogen and oxygen atoms in total. The highest BCUT2D eigenvalue weighted by Gasteiger charge is 2.41. The number of methoxy groups -OCH3 is 1. The van der Waals surface area contributed by atoms with Crippen LogP contribution in [0.1, 0.15) is 62.5 Å². The minimum atomic E-state index is -0.478. The molecule has 1 aromatic heterocycles. The summed E-state index contributed by atoms with van der Waals surface area (Å²) in [7, 11) is 1.67. The average Bonchev–Trinajstić information content (AvgIpc) is 3.58. The summed E-state index contributed by atoms with van der Waals surface area (Å²) < 4.78 is 18.9. The minimum Gasteiger partial charge on any atom is -0.383 e. The van der Waals surface area contributed by atoms with Gasteiger partial charge >= 0.3 is 0 Å². The molecular weight excluding hydrogens is 426 g/mol. The molecule has 3 atom stereocenters. The van der Waals surface area contributed by atoms with Gasteiger partial charge in [-0.2, -0.15) is 0 Å². The van der Waals surface area contributed by atoms with E-state index in [1.165, 1.54) is 0 Å². The van der Waals surface area contributed by atoms with Gasteiger partial charge in [-0.15, -0.1) is 0 Å². The summed E-state index contributed by atoms with van der Waals surface area (Å²) in [4.78, 5) is 20.6. The zero-order chi connectivity index (χ0) is 23.2. The fourth-order valence-electron chi connectivity index (χ4n) is 4.88. The summed E-state index contributed by atoms with van der Waals surface area (Å²) in [6.07, 6.45) is 6.39. The maximum absolute atomic E-state index is 13.5. The lowest BCUT2D eigenvalue weighted by molar-refractivity contribution is -0.150. The SMILES string of the molecule is COC[C@H]1CO[C@@H](C(=O)N(C2CC2)[C@H](C)c2cn(CCCNO)c(C3CCOCC3)n2)CN1. The van der Waals surface area contributed by atoms with Crippen LogP contribution in [0.15, 0.2) is 6.20 Å². The van der Waals surface area contributed by atoms with Crippen LogP contribution < -0.4 is 10.8 Å². The molecule has 0 bridgehead atoms. The number of nitrogens with one attached hydrogen (secondary N) is 2. The zero-order valence-corrected chi connectivity index (χ0v) is 19.9. The van der Waals surface area contributed by atoms with Crippen LogP contribution in [-0.4, -0.2) is 90.4 Å². The zero-order valence-electron chi connectivity index (χ0n) is 19.9. The van der Waals surface area contributed by atoms with Crippen molar-refractivity contribution in [3.63, 3.8) is 0 Å². The standard InChI is InChI=1S/C23H39N5O5/c1-16(28(19-4-5-19)23(29)21-12-24-18(14-31-2)15-33-21)20-13-27(9-3-8-25-30)22(26-20)17-6-10-32-11-7-17/h13,16-19,21,24-25,30H,3-12,14-15H2,1-2H3/t16-,18+,21-/m1/s1. The van der Waals surface area contributed by atoms with Gasteiger partial charge in [0.1, 0.15) is 11.9 Å². The second-order valence-electron chi connectivity index (χ2n) is 9.40. The molecule has 4 rings (SSSR count). The third-order valence-corrected chi connectivity index (χ3v) is 6.87. The molecule has 1 aromatic rings. The van der Waals surface area contributed by atoms with Gasteiger partial charge in [0.25, 0.3) is 5.91 Å². The van der Waals surface area contributed by atoms with E-state index in [1.807, 2.05) is 4.90 Å². The lowest BCUT2D eigenvalue weighted by Crippen LogP contribution is -2.55. The maximum atomic E-state index is 13.5. The molecule has 2 aliphatic heterocycles. The van der Waals surface area contributed by atoms with Crippen molar-refractivity contribution < 1.29 is 24.2 Å². The van der Waals surface area contributed by atoms with Gasteiger partial charge in [-0.3, -0.25) is 4.79 Å². The van der Waals surface area contributed by atoms with Gasteiger partial charge in [-0.1, -0.05) is 0 Å². The fourth-order valence-corrected chi connectivity index (χ4v) is 4.88. The Morgan fingerprint density at radius 3 is 2.82 bits per heavy atom. The number of aryl methyl sites for hydroxylation is 1. The quantitative estimate of drug-likeness (QED) is 0.330. The van der Waals surface area contributed by atoms with E-state index >= 15 is 0 Å². The van der Waals surface area contributed by atoms with Crippen LogP contribution in [0.4, 0.5) is 0 Å². The van der Waals surface area contributed by atoms with Crippen molar-refractivity contribution in [1.82, 2.24) is 25.2 Å². The Morgan fingerprint density at radius 2 is 2.18 bits per heavy atom. The molecule has 1 amide bonds. The first-order chi connectivity index (χ1) is 16.1. The molecule has 3 aliphatic rings. The molecule has 10 heteroatoms. The highest BCUT2D eigenvalue weighted by Crippen LogP contribution is 2.36. The van der Waals surface area contributed by atoms with E-state index in [-0.39, 0.29) is 24.0 Å². The number of hydrogen-bond acceptors (Lipinski definition) is 8. The third-order valence-electron chi connectivity index (χ3n) is 6.87. The summed E-state index contributed by atoms with van der Waals surface area (Å²) >= 11 is 0. The summed E-state index contributed by atoms with van der Waals surface area (Å²) in [5.74, 6) is 1.47. The van der Waals surface area contributed by atoms with Crippen molar-refractivity contribution in [2.45, 2.75) is 75.7 Å². The van der Waals surface area contributed by atoms with Crippen LogP contribution in [0.5, 0.6) is 0 Å². The summed E-state index contributed by atoms with van der Waals surface area (Å²) in [5, 5.41) is 12.3. The first-order valence-corrected chi connectivity index (χ1v) is 12.3. The molecule has 186 valence electrons. The highest BCUT2D eigenvalue weighted by molar-refractivity contribution is 5.82. The molecule has 3 heterocycles. The first-order valence-electron chi connectivity index (χ1n) is 12.3. The van der Waals surface area contributed by atoms with Crippen molar-refractivity contribution in [3.05, 3.63) is 17.7 Å². The van der Waals surface area contributed by atoms with E-state index in [4.69, 9.17) is 24.4 Å². The lowest BCUT2D eigenvalue weighted by Gasteiger charge is -2.35. The molecule has 3 N–H and O–H groups in total. The van der Waals surface area contributed by atoms with Crippen LogP contribution >= 0.6 is 0 Å². The van der Waals surface area contributed by atoms with Crippen LogP contribution in [0.25, 0.3) is 0 Å². The molecule has 0 radical (unpaired) electrons. The monoisotopic (exact) mass is 465 g/mol. The van der Waals surface area contributed by atoms with Crippen LogP contribution in [-0.2, 0) is 25.5 Å². The number of hydrogen-bond donors (Lipinski definition) is 3. The van der Waals surface area contributed by atoms with E-state index in [0.29, 0.717) is 32.2 Å². The topological polar surface area (TPSA) is 110 Å². The van der Waals surface area contributed by atoms with Gasteiger partial charge in [0, 0.05) is 58.1 Å². The van der Waals surface area contributed by atoms with Gasteiger partial charge in [0.2, 0.25) is 0 Å². The summed E-state index contributed by atoms with van der Waals surface area (Å²) in [5.41, 5.74) is 3.16. The Morgan fingerprint density at radius 1 is 1.39 bits per heavy atom. The number of carbonyl (C=O) groups is 1. The number of imidazole rings is 1. The van der Waals surface area contributed by atoms with Gasteiger partial charge < -0.3 is 34.2 Å². The van der Waals surface area contributed by atoms with E-state index in [9.17, 15) is 4.79 Å². The van der Waals surface area contributed by atoms with Crippen LogP contribution in [0.3, 0.4) is 0 Å². The predicted molar refractivity (Wildman–Crippen MR) is 121 cm³/mol. The Hall–Kier alpha value is -1.56. The van der Waals surface area contributed by atoms with E-state index in [2.05, 4.69) is 28.5 Å². The number of ether oxygens (including phenoxy) is 3. The average molecular weight is 466 g/mol. The van der Waals surface area contributed by atoms with Crippen LogP contribution in [0.2, 0.25) is 0 Å². The number of carbonyl (C=O) groups excluding carboxylic acids is 1. The number of morpholine rings is 1. The molecule has 3 fully saturated rings. The smallest absolute Gasteiger partial charge is 0.253 e. The summed E-state index contributed by atoms with van der Waals surface area (Å²) in [6, 6.07) is 0.251.